The predicted molar refractivity (Wildman–Crippen MR) is 91.2 cm³/mol. The minimum atomic E-state index is -0.409. The molecule has 0 aliphatic carbocycles. The van der Waals surface area contributed by atoms with E-state index in [1.165, 1.54) is 32.4 Å². The van der Waals surface area contributed by atoms with E-state index in [9.17, 15) is 9.18 Å². The smallest absolute Gasteiger partial charge is 0.303 e. The quantitative estimate of drug-likeness (QED) is 0.579. The topological polar surface area (TPSA) is 102 Å². The van der Waals surface area contributed by atoms with Crippen LogP contribution in [-0.4, -0.2) is 30.0 Å². The first-order valence-corrected chi connectivity index (χ1v) is 7.61. The van der Waals surface area contributed by atoms with Crippen LogP contribution in [0.5, 0.6) is 5.75 Å². The summed E-state index contributed by atoms with van der Waals surface area (Å²) in [4.78, 5) is 20.3. The van der Waals surface area contributed by atoms with E-state index in [1.807, 2.05) is 0 Å². The second-order valence-electron chi connectivity index (χ2n) is 5.37. The highest BCUT2D eigenvalue weighted by Crippen LogP contribution is 2.29. The van der Waals surface area contributed by atoms with Gasteiger partial charge < -0.3 is 18.9 Å². The van der Waals surface area contributed by atoms with Crippen molar-refractivity contribution in [3.8, 4) is 5.75 Å². The average Bonchev–Trinajstić information content (AvgIpc) is 3.21. The van der Waals surface area contributed by atoms with Crippen molar-refractivity contribution in [3.05, 3.63) is 41.7 Å². The van der Waals surface area contributed by atoms with E-state index in [2.05, 4.69) is 20.6 Å². The summed E-state index contributed by atoms with van der Waals surface area (Å²) in [5, 5.41) is 5.32. The van der Waals surface area contributed by atoms with Gasteiger partial charge in [-0.05, 0) is 18.2 Å². The molecule has 0 atom stereocenters. The molecule has 4 aromatic rings. The van der Waals surface area contributed by atoms with Crippen molar-refractivity contribution in [2.24, 2.45) is 0 Å². The molecule has 9 heteroatoms. The van der Waals surface area contributed by atoms with Crippen LogP contribution in [0, 0.1) is 5.82 Å². The van der Waals surface area contributed by atoms with E-state index >= 15 is 0 Å². The van der Waals surface area contributed by atoms with Gasteiger partial charge in [-0.25, -0.2) is 4.39 Å². The lowest BCUT2D eigenvalue weighted by atomic mass is 10.1. The van der Waals surface area contributed by atoms with Crippen molar-refractivity contribution in [2.45, 2.75) is 0 Å². The largest absolute Gasteiger partial charge is 0.496 e. The molecule has 8 nitrogen and oxygen atoms in total. The fraction of sp³-hybridized carbons (Fsp3) is 0.118. The molecule has 0 fully saturated rings. The molecule has 4 rings (SSSR count). The van der Waals surface area contributed by atoms with Gasteiger partial charge in [0.25, 0.3) is 5.91 Å². The number of nitrogens with one attached hydrogen (secondary N) is 2. The third kappa shape index (κ3) is 2.69. The van der Waals surface area contributed by atoms with Crippen LogP contribution in [0.4, 0.5) is 16.4 Å². The maximum Gasteiger partial charge on any atom is 0.303 e. The molecule has 26 heavy (non-hydrogen) atoms. The average molecular weight is 356 g/mol. The molecule has 0 saturated heterocycles. The minimum absolute atomic E-state index is 0.107. The number of ether oxygens (including phenoxy) is 1. The summed E-state index contributed by atoms with van der Waals surface area (Å²) in [7, 11) is 2.98. The summed E-state index contributed by atoms with van der Waals surface area (Å²) in [5.74, 6) is -0.354. The second kappa shape index (κ2) is 6.03. The number of nitrogens with zero attached hydrogens (tertiary/aromatic N) is 2. The third-order valence-electron chi connectivity index (χ3n) is 3.74. The molecule has 0 aliphatic rings. The summed E-state index contributed by atoms with van der Waals surface area (Å²) < 4.78 is 29.5. The number of anilines is 2. The lowest BCUT2D eigenvalue weighted by Crippen LogP contribution is -2.18. The molecule has 2 N–H and O–H groups in total. The zero-order valence-electron chi connectivity index (χ0n) is 13.8. The van der Waals surface area contributed by atoms with Gasteiger partial charge >= 0.3 is 12.0 Å². The van der Waals surface area contributed by atoms with Gasteiger partial charge in [0.05, 0.1) is 12.7 Å². The van der Waals surface area contributed by atoms with Crippen LogP contribution in [0.15, 0.2) is 39.2 Å². The molecule has 0 bridgehead atoms. The number of amides is 1. The van der Waals surface area contributed by atoms with Gasteiger partial charge in [-0.1, -0.05) is 0 Å². The summed E-state index contributed by atoms with van der Waals surface area (Å²) >= 11 is 0. The van der Waals surface area contributed by atoms with Gasteiger partial charge in [-0.2, -0.15) is 9.97 Å². The van der Waals surface area contributed by atoms with E-state index in [1.54, 1.807) is 12.1 Å². The number of rotatable bonds is 4. The highest BCUT2D eigenvalue weighted by molar-refractivity contribution is 6.00. The lowest BCUT2D eigenvalue weighted by Gasteiger charge is -2.06. The number of methoxy groups -OCH3 is 1. The monoisotopic (exact) mass is 356 g/mol. The first-order valence-electron chi connectivity index (χ1n) is 7.61. The lowest BCUT2D eigenvalue weighted by molar-refractivity contribution is 0.0960. The molecule has 2 aromatic heterocycles. The van der Waals surface area contributed by atoms with Crippen LogP contribution in [0.2, 0.25) is 0 Å². The van der Waals surface area contributed by atoms with E-state index in [0.29, 0.717) is 33.5 Å². The van der Waals surface area contributed by atoms with E-state index in [4.69, 9.17) is 13.6 Å². The van der Waals surface area contributed by atoms with E-state index in [0.717, 1.165) is 0 Å². The molecular formula is C17H13FN4O4. The number of aromatic nitrogens is 2. The Morgan fingerprint density at radius 2 is 1.77 bits per heavy atom. The second-order valence-corrected chi connectivity index (χ2v) is 5.37. The van der Waals surface area contributed by atoms with Crippen molar-refractivity contribution >= 4 is 40.1 Å². The molecule has 2 heterocycles. The SMILES string of the molecule is CNC(=O)c1cc2nc(Nc3nc4cc(F)ccc4o3)oc2cc1OC. The molecule has 2 aromatic carbocycles. The Kier molecular flexibility index (Phi) is 3.68. The van der Waals surface area contributed by atoms with Crippen molar-refractivity contribution in [3.63, 3.8) is 0 Å². The van der Waals surface area contributed by atoms with Gasteiger partial charge in [0.1, 0.15) is 22.6 Å². The van der Waals surface area contributed by atoms with Gasteiger partial charge in [0, 0.05) is 19.2 Å². The van der Waals surface area contributed by atoms with Gasteiger partial charge in [0.2, 0.25) is 0 Å². The van der Waals surface area contributed by atoms with Crippen LogP contribution >= 0.6 is 0 Å². The Balaban J connectivity index is 1.71. The summed E-state index contributed by atoms with van der Waals surface area (Å²) in [5.41, 5.74) is 1.99. The molecule has 0 aliphatic heterocycles. The van der Waals surface area contributed by atoms with Crippen LogP contribution in [0.1, 0.15) is 10.4 Å². The maximum absolute atomic E-state index is 13.2. The Bertz CT molecular complexity index is 1130. The van der Waals surface area contributed by atoms with Crippen LogP contribution in [0.25, 0.3) is 22.2 Å². The van der Waals surface area contributed by atoms with Crippen molar-refractivity contribution in [1.29, 1.82) is 0 Å². The van der Waals surface area contributed by atoms with Crippen LogP contribution < -0.4 is 15.4 Å². The molecule has 0 spiro atoms. The third-order valence-corrected chi connectivity index (χ3v) is 3.74. The Morgan fingerprint density at radius 1 is 1.08 bits per heavy atom. The molecular weight excluding hydrogens is 343 g/mol. The zero-order valence-corrected chi connectivity index (χ0v) is 13.8. The van der Waals surface area contributed by atoms with Crippen molar-refractivity contribution in [2.75, 3.05) is 19.5 Å². The summed E-state index contributed by atoms with van der Waals surface area (Å²) in [6, 6.07) is 7.37. The number of benzene rings is 2. The Hall–Kier alpha value is -3.62. The normalized spacial score (nSPS) is 11.0. The predicted octanol–water partition coefficient (Wildman–Crippen LogP) is 3.22. The number of halogens is 1. The number of carbonyl (C=O) groups is 1. The van der Waals surface area contributed by atoms with E-state index in [-0.39, 0.29) is 17.9 Å². The summed E-state index contributed by atoms with van der Waals surface area (Å²) in [6.45, 7) is 0. The van der Waals surface area contributed by atoms with Crippen LogP contribution in [-0.2, 0) is 0 Å². The van der Waals surface area contributed by atoms with Crippen molar-refractivity contribution in [1.82, 2.24) is 15.3 Å². The van der Waals surface area contributed by atoms with Crippen molar-refractivity contribution < 1.29 is 22.8 Å². The summed E-state index contributed by atoms with van der Waals surface area (Å²) in [6.07, 6.45) is 0. The first kappa shape index (κ1) is 15.9. The Morgan fingerprint density at radius 3 is 2.46 bits per heavy atom. The fourth-order valence-corrected chi connectivity index (χ4v) is 2.54. The van der Waals surface area contributed by atoms with Gasteiger partial charge in [-0.15, -0.1) is 0 Å². The van der Waals surface area contributed by atoms with E-state index < -0.39 is 5.82 Å². The molecule has 0 saturated carbocycles. The van der Waals surface area contributed by atoms with Gasteiger partial charge in [0.15, 0.2) is 11.2 Å². The number of hydrogen-bond donors (Lipinski definition) is 2. The highest BCUT2D eigenvalue weighted by atomic mass is 19.1. The highest BCUT2D eigenvalue weighted by Gasteiger charge is 2.17. The minimum Gasteiger partial charge on any atom is -0.496 e. The Labute approximate surface area is 146 Å². The molecule has 132 valence electrons. The molecule has 1 amide bonds. The number of fused-ring (bicyclic) bond motifs is 2. The number of carbonyl (C=O) groups excluding carboxylic acids is 1. The number of hydrogen-bond acceptors (Lipinski definition) is 7. The van der Waals surface area contributed by atoms with Gasteiger partial charge in [-0.3, -0.25) is 10.1 Å². The molecule has 0 unspecified atom stereocenters. The zero-order chi connectivity index (χ0) is 18.3. The standard InChI is InChI=1S/C17H13FN4O4/c1-19-15(23)9-6-11-14(7-13(9)24-2)26-17(21-11)22-16-20-10-5-8(18)3-4-12(10)25-16/h3-7H,1-2H3,(H,19,23)(H,20,21,22). The molecule has 0 radical (unpaired) electrons. The van der Waals surface area contributed by atoms with Crippen LogP contribution in [0.3, 0.4) is 0 Å². The fourth-order valence-electron chi connectivity index (χ4n) is 2.54. The number of oxazole rings is 2. The first-order chi connectivity index (χ1) is 12.6. The maximum atomic E-state index is 13.2.